The Morgan fingerprint density at radius 2 is 1.85 bits per heavy atom. The molecule has 33 heavy (non-hydrogen) atoms. The number of pyridine rings is 1. The van der Waals surface area contributed by atoms with Crippen molar-refractivity contribution >= 4 is 32.5 Å². The minimum atomic E-state index is -3.72. The summed E-state index contributed by atoms with van der Waals surface area (Å²) in [5.41, 5.74) is 1.58. The Balaban J connectivity index is 1.23. The van der Waals surface area contributed by atoms with Crippen LogP contribution in [-0.2, 0) is 21.9 Å². The van der Waals surface area contributed by atoms with Crippen LogP contribution in [0.4, 0.5) is 10.1 Å². The fourth-order valence-electron chi connectivity index (χ4n) is 4.67. The molecule has 174 valence electrons. The standard InChI is InChI=1S/C22H25FN6O3S/c1-26-9-7-25-22(26)33(31,32)29-8-5-16(15-29)21(30)28-12-10-27(11-13-28)20-4-6-24-19-14-17(23)2-3-18(19)20/h2-4,6-7,9,14,16H,5,8,10-13,15H2,1H3/t16-/m0/s1. The molecule has 2 aromatic heterocycles. The summed E-state index contributed by atoms with van der Waals surface area (Å²) in [6, 6.07) is 6.50. The molecule has 5 rings (SSSR count). The Morgan fingerprint density at radius 1 is 1.06 bits per heavy atom. The maximum absolute atomic E-state index is 13.6. The van der Waals surface area contributed by atoms with Gasteiger partial charge in [0.15, 0.2) is 0 Å². The van der Waals surface area contributed by atoms with E-state index in [0.717, 1.165) is 11.1 Å². The van der Waals surface area contributed by atoms with Crippen molar-refractivity contribution in [2.75, 3.05) is 44.2 Å². The van der Waals surface area contributed by atoms with Crippen molar-refractivity contribution in [2.24, 2.45) is 13.0 Å². The van der Waals surface area contributed by atoms with Crippen LogP contribution in [-0.4, -0.2) is 77.3 Å². The lowest BCUT2D eigenvalue weighted by Gasteiger charge is -2.37. The van der Waals surface area contributed by atoms with E-state index < -0.39 is 10.0 Å². The monoisotopic (exact) mass is 472 g/mol. The van der Waals surface area contributed by atoms with Crippen molar-refractivity contribution in [3.05, 3.63) is 48.7 Å². The van der Waals surface area contributed by atoms with Crippen LogP contribution in [0.1, 0.15) is 6.42 Å². The van der Waals surface area contributed by atoms with Gasteiger partial charge in [-0.05, 0) is 24.6 Å². The average molecular weight is 473 g/mol. The molecule has 2 fully saturated rings. The van der Waals surface area contributed by atoms with Gasteiger partial charge in [0.05, 0.1) is 11.4 Å². The Hall–Kier alpha value is -3.05. The van der Waals surface area contributed by atoms with Gasteiger partial charge in [0.1, 0.15) is 5.82 Å². The van der Waals surface area contributed by atoms with Gasteiger partial charge in [-0.15, -0.1) is 0 Å². The summed E-state index contributed by atoms with van der Waals surface area (Å²) in [5.74, 6) is -0.678. The van der Waals surface area contributed by atoms with Gasteiger partial charge in [-0.2, -0.15) is 4.31 Å². The van der Waals surface area contributed by atoms with E-state index in [9.17, 15) is 17.6 Å². The number of piperazine rings is 1. The lowest BCUT2D eigenvalue weighted by molar-refractivity contribution is -0.135. The third kappa shape index (κ3) is 3.95. The van der Waals surface area contributed by atoms with Gasteiger partial charge in [0, 0.05) is 82.0 Å². The summed E-state index contributed by atoms with van der Waals surface area (Å²) in [4.78, 5) is 25.3. The van der Waals surface area contributed by atoms with Crippen LogP contribution in [0.25, 0.3) is 10.9 Å². The SMILES string of the molecule is Cn1ccnc1S(=O)(=O)N1CC[C@H](C(=O)N2CCN(c3ccnc4cc(F)ccc34)CC2)C1. The molecule has 1 aromatic carbocycles. The van der Waals surface area contributed by atoms with Gasteiger partial charge >= 0.3 is 0 Å². The van der Waals surface area contributed by atoms with E-state index in [0.29, 0.717) is 44.7 Å². The summed E-state index contributed by atoms with van der Waals surface area (Å²) in [6.07, 6.45) is 5.22. The van der Waals surface area contributed by atoms with Crippen molar-refractivity contribution in [3.8, 4) is 0 Å². The maximum atomic E-state index is 13.6. The molecule has 0 spiro atoms. The predicted octanol–water partition coefficient (Wildman–Crippen LogP) is 1.47. The average Bonchev–Trinajstić information content (AvgIpc) is 3.48. The van der Waals surface area contributed by atoms with Gasteiger partial charge in [-0.3, -0.25) is 9.78 Å². The molecular weight excluding hydrogens is 447 g/mol. The number of amides is 1. The van der Waals surface area contributed by atoms with Crippen LogP contribution < -0.4 is 4.90 Å². The van der Waals surface area contributed by atoms with E-state index in [4.69, 9.17) is 0 Å². The summed E-state index contributed by atoms with van der Waals surface area (Å²) in [5, 5.41) is 0.873. The number of hydrogen-bond donors (Lipinski definition) is 0. The lowest BCUT2D eigenvalue weighted by atomic mass is 10.1. The smallest absolute Gasteiger partial charge is 0.277 e. The van der Waals surface area contributed by atoms with Gasteiger partial charge in [-0.25, -0.2) is 17.8 Å². The molecule has 2 aliphatic heterocycles. The molecule has 0 saturated carbocycles. The second kappa shape index (κ2) is 8.38. The number of nitrogens with zero attached hydrogens (tertiary/aromatic N) is 6. The number of carbonyl (C=O) groups is 1. The first-order chi connectivity index (χ1) is 15.8. The van der Waals surface area contributed by atoms with Crippen LogP contribution in [0, 0.1) is 11.7 Å². The number of sulfonamides is 1. The highest BCUT2D eigenvalue weighted by Gasteiger charge is 2.39. The Morgan fingerprint density at radius 3 is 2.58 bits per heavy atom. The topological polar surface area (TPSA) is 91.6 Å². The van der Waals surface area contributed by atoms with E-state index in [1.54, 1.807) is 25.5 Å². The second-order valence-electron chi connectivity index (χ2n) is 8.47. The summed E-state index contributed by atoms with van der Waals surface area (Å²) in [6.45, 7) is 2.87. The number of anilines is 1. The Kier molecular flexibility index (Phi) is 5.53. The third-order valence-corrected chi connectivity index (χ3v) is 8.33. The van der Waals surface area contributed by atoms with E-state index in [-0.39, 0.29) is 29.3 Å². The number of aromatic nitrogens is 3. The van der Waals surface area contributed by atoms with Crippen LogP contribution in [0.3, 0.4) is 0 Å². The minimum absolute atomic E-state index is 0.00570. The van der Waals surface area contributed by atoms with Gasteiger partial charge in [0.25, 0.3) is 10.0 Å². The number of carbonyl (C=O) groups excluding carboxylic acids is 1. The normalized spacial score (nSPS) is 20.0. The molecule has 0 unspecified atom stereocenters. The highest BCUT2D eigenvalue weighted by molar-refractivity contribution is 7.89. The minimum Gasteiger partial charge on any atom is -0.367 e. The van der Waals surface area contributed by atoms with Gasteiger partial charge in [-0.1, -0.05) is 0 Å². The van der Waals surface area contributed by atoms with Crippen molar-refractivity contribution in [1.29, 1.82) is 0 Å². The van der Waals surface area contributed by atoms with E-state index in [2.05, 4.69) is 14.9 Å². The summed E-state index contributed by atoms with van der Waals surface area (Å²) >= 11 is 0. The van der Waals surface area contributed by atoms with Crippen molar-refractivity contribution in [2.45, 2.75) is 11.6 Å². The number of benzene rings is 1. The molecule has 3 aromatic rings. The molecule has 9 nitrogen and oxygen atoms in total. The largest absolute Gasteiger partial charge is 0.367 e. The van der Waals surface area contributed by atoms with Crippen LogP contribution in [0.15, 0.2) is 48.0 Å². The molecule has 0 radical (unpaired) electrons. The number of rotatable bonds is 4. The zero-order chi connectivity index (χ0) is 23.2. The van der Waals surface area contributed by atoms with Crippen LogP contribution in [0.5, 0.6) is 0 Å². The van der Waals surface area contributed by atoms with Crippen LogP contribution in [0.2, 0.25) is 0 Å². The first-order valence-corrected chi connectivity index (χ1v) is 12.3. The molecule has 2 aliphatic rings. The lowest BCUT2D eigenvalue weighted by Crippen LogP contribution is -2.50. The van der Waals surface area contributed by atoms with E-state index in [1.165, 1.54) is 27.2 Å². The zero-order valence-corrected chi connectivity index (χ0v) is 19.1. The van der Waals surface area contributed by atoms with E-state index in [1.807, 2.05) is 11.0 Å². The Labute approximate surface area is 191 Å². The van der Waals surface area contributed by atoms with Crippen LogP contribution >= 0.6 is 0 Å². The number of aryl methyl sites for hydroxylation is 1. The quantitative estimate of drug-likeness (QED) is 0.571. The maximum Gasteiger partial charge on any atom is 0.277 e. The number of imidazole rings is 1. The summed E-state index contributed by atoms with van der Waals surface area (Å²) in [7, 11) is -2.08. The number of hydrogen-bond acceptors (Lipinski definition) is 6. The number of fused-ring (bicyclic) bond motifs is 1. The molecule has 2 saturated heterocycles. The fraction of sp³-hybridized carbons (Fsp3) is 0.409. The molecule has 0 aliphatic carbocycles. The molecule has 0 N–H and O–H groups in total. The second-order valence-corrected chi connectivity index (χ2v) is 10.3. The molecule has 11 heteroatoms. The molecule has 0 bridgehead atoms. The first-order valence-electron chi connectivity index (χ1n) is 10.9. The Bertz CT molecular complexity index is 1300. The summed E-state index contributed by atoms with van der Waals surface area (Å²) < 4.78 is 42.1. The zero-order valence-electron chi connectivity index (χ0n) is 18.3. The van der Waals surface area contributed by atoms with Gasteiger partial charge < -0.3 is 14.4 Å². The highest BCUT2D eigenvalue weighted by atomic mass is 32.2. The highest BCUT2D eigenvalue weighted by Crippen LogP contribution is 2.28. The van der Waals surface area contributed by atoms with E-state index >= 15 is 0 Å². The fourth-order valence-corrected chi connectivity index (χ4v) is 6.24. The van der Waals surface area contributed by atoms with Crippen molar-refractivity contribution < 1.29 is 17.6 Å². The predicted molar refractivity (Wildman–Crippen MR) is 121 cm³/mol. The van der Waals surface area contributed by atoms with Crippen molar-refractivity contribution in [3.63, 3.8) is 0 Å². The van der Waals surface area contributed by atoms with Gasteiger partial charge in [0.2, 0.25) is 11.1 Å². The molecule has 1 atom stereocenters. The molecule has 1 amide bonds. The van der Waals surface area contributed by atoms with Crippen molar-refractivity contribution in [1.82, 2.24) is 23.7 Å². The third-order valence-electron chi connectivity index (χ3n) is 6.46. The molecule has 4 heterocycles. The number of halogens is 1. The molecular formula is C22H25FN6O3S. The first kappa shape index (κ1) is 21.8.